The summed E-state index contributed by atoms with van der Waals surface area (Å²) in [4.78, 5) is 0. The van der Waals surface area contributed by atoms with Crippen molar-refractivity contribution in [2.75, 3.05) is 6.61 Å². The highest BCUT2D eigenvalue weighted by Crippen LogP contribution is 2.10. The Kier molecular flexibility index (Phi) is 26.2. The second-order valence-electron chi connectivity index (χ2n) is 7.70. The molecule has 0 aliphatic rings. The molecule has 0 aromatic rings. The fourth-order valence-corrected chi connectivity index (χ4v) is 2.80. The lowest BCUT2D eigenvalue weighted by molar-refractivity contribution is 0.0999. The van der Waals surface area contributed by atoms with Gasteiger partial charge in [-0.1, -0.05) is 83.8 Å². The summed E-state index contributed by atoms with van der Waals surface area (Å²) in [5.74, 6) is 0. The first-order chi connectivity index (χ1) is 13.5. The largest absolute Gasteiger partial charge is 0.451 e. The highest BCUT2D eigenvalue weighted by molar-refractivity contribution is 6.40. The fraction of sp³-hybridized carbons (Fsp3) is 0.909. The van der Waals surface area contributed by atoms with Gasteiger partial charge in [-0.3, -0.25) is 0 Å². The van der Waals surface area contributed by atoms with Crippen molar-refractivity contribution in [3.63, 3.8) is 0 Å². The van der Waals surface area contributed by atoms with Crippen molar-refractivity contribution in [3.8, 4) is 0 Å². The van der Waals surface area contributed by atoms with Crippen LogP contribution in [0.1, 0.15) is 104 Å². The van der Waals surface area contributed by atoms with Gasteiger partial charge in [-0.25, -0.2) is 0 Å². The van der Waals surface area contributed by atoms with Gasteiger partial charge in [-0.05, 0) is 38.4 Å². The van der Waals surface area contributed by atoms with Crippen molar-refractivity contribution in [2.45, 2.75) is 122 Å². The minimum absolute atomic E-state index is 0.143. The van der Waals surface area contributed by atoms with Crippen molar-refractivity contribution in [1.29, 1.82) is 0 Å². The molecular weight excluding hydrogens is 353 g/mol. The molecule has 2 unspecified atom stereocenters. The van der Waals surface area contributed by atoms with Gasteiger partial charge in [-0.2, -0.15) is 0 Å². The minimum atomic E-state index is -1.10. The number of hydrogen-bond donors (Lipinski definition) is 5. The molecule has 168 valence electrons. The smallest absolute Gasteiger partial charge is 0.427 e. The summed E-state index contributed by atoms with van der Waals surface area (Å²) < 4.78 is 0. The van der Waals surface area contributed by atoms with E-state index in [1.807, 2.05) is 6.92 Å². The Morgan fingerprint density at radius 2 is 1.29 bits per heavy atom. The average Bonchev–Trinajstić information content (AvgIpc) is 2.69. The summed E-state index contributed by atoms with van der Waals surface area (Å²) in [7, 11) is -1.10. The zero-order valence-corrected chi connectivity index (χ0v) is 18.6. The number of rotatable bonds is 18. The summed E-state index contributed by atoms with van der Waals surface area (Å²) in [6, 6.07) is -0.494. The number of allylic oxidation sites excluding steroid dienone is 2. The molecule has 0 fully saturated rings. The molecule has 2 atom stereocenters. The molecule has 6 N–H and O–H groups in total. The van der Waals surface area contributed by atoms with Crippen LogP contribution in [0.3, 0.4) is 0 Å². The van der Waals surface area contributed by atoms with Gasteiger partial charge in [0, 0.05) is 0 Å². The standard InChI is InChI=1S/C18H37NO2.C4H11BO2/c1-2-3-4-5-6-7-8-9-10-11-12-13-14-15-18(21)17(19)16-20;1-2-3-4-5(6)7/h11-12,17-18,20-21H,2-10,13-16,19H2,1H3;6-7H,2-4H2,1H3/b12-11+;. The zero-order valence-electron chi connectivity index (χ0n) is 18.6. The van der Waals surface area contributed by atoms with E-state index < -0.39 is 19.3 Å². The van der Waals surface area contributed by atoms with Crippen LogP contribution in [0.15, 0.2) is 12.2 Å². The van der Waals surface area contributed by atoms with Gasteiger partial charge >= 0.3 is 7.12 Å². The van der Waals surface area contributed by atoms with E-state index >= 15 is 0 Å². The highest BCUT2D eigenvalue weighted by atomic mass is 16.4. The molecule has 0 saturated carbocycles. The number of aliphatic hydroxyl groups is 2. The van der Waals surface area contributed by atoms with Crippen LogP contribution in [0.25, 0.3) is 0 Å². The Balaban J connectivity index is 0. The highest BCUT2D eigenvalue weighted by Gasteiger charge is 2.12. The third-order valence-corrected chi connectivity index (χ3v) is 4.78. The zero-order chi connectivity index (χ0) is 21.5. The third kappa shape index (κ3) is 25.6. The Morgan fingerprint density at radius 3 is 1.75 bits per heavy atom. The van der Waals surface area contributed by atoms with E-state index in [0.717, 1.165) is 25.7 Å². The lowest BCUT2D eigenvalue weighted by atomic mass is 9.84. The molecule has 28 heavy (non-hydrogen) atoms. The first-order valence-electron chi connectivity index (χ1n) is 11.5. The summed E-state index contributed by atoms with van der Waals surface area (Å²) in [6.45, 7) is 4.13. The minimum Gasteiger partial charge on any atom is -0.427 e. The maximum Gasteiger partial charge on any atom is 0.451 e. The molecule has 0 aliphatic heterocycles. The molecule has 0 heterocycles. The Bertz CT molecular complexity index is 317. The van der Waals surface area contributed by atoms with Gasteiger partial charge in [0.2, 0.25) is 0 Å². The fourth-order valence-electron chi connectivity index (χ4n) is 2.80. The molecule has 0 aromatic heterocycles. The molecule has 0 amide bonds. The Hall–Kier alpha value is -0.395. The molecular formula is C22H48BNO4. The van der Waals surface area contributed by atoms with Gasteiger partial charge in [-0.15, -0.1) is 0 Å². The van der Waals surface area contributed by atoms with Gasteiger partial charge in [0.1, 0.15) is 0 Å². The summed E-state index contributed by atoms with van der Waals surface area (Å²) in [6.07, 6.45) is 21.0. The van der Waals surface area contributed by atoms with Crippen molar-refractivity contribution < 1.29 is 20.3 Å². The SMILES string of the molecule is CCCCB(O)O.CCCCCCCCCC/C=C/CCCC(O)C(N)CO. The summed E-state index contributed by atoms with van der Waals surface area (Å²) in [5, 5.41) is 34.9. The molecule has 0 aromatic carbocycles. The molecule has 0 rings (SSSR count). The Morgan fingerprint density at radius 1 is 0.786 bits per heavy atom. The maximum atomic E-state index is 9.59. The topological polar surface area (TPSA) is 107 Å². The van der Waals surface area contributed by atoms with Gasteiger partial charge < -0.3 is 26.0 Å². The monoisotopic (exact) mass is 401 g/mol. The molecule has 5 nitrogen and oxygen atoms in total. The van der Waals surface area contributed by atoms with E-state index in [1.54, 1.807) is 0 Å². The average molecular weight is 401 g/mol. The lowest BCUT2D eigenvalue weighted by Gasteiger charge is -2.15. The van der Waals surface area contributed by atoms with Crippen LogP contribution in [-0.2, 0) is 0 Å². The van der Waals surface area contributed by atoms with Crippen molar-refractivity contribution in [2.24, 2.45) is 5.73 Å². The van der Waals surface area contributed by atoms with Crippen LogP contribution in [0.2, 0.25) is 6.32 Å². The summed E-state index contributed by atoms with van der Waals surface area (Å²) >= 11 is 0. The first-order valence-corrected chi connectivity index (χ1v) is 11.5. The van der Waals surface area contributed by atoms with E-state index in [-0.39, 0.29) is 6.61 Å². The van der Waals surface area contributed by atoms with Crippen molar-refractivity contribution in [3.05, 3.63) is 12.2 Å². The van der Waals surface area contributed by atoms with E-state index in [9.17, 15) is 5.11 Å². The molecule has 6 heteroatoms. The van der Waals surface area contributed by atoms with Gasteiger partial charge in [0.05, 0.1) is 18.8 Å². The van der Waals surface area contributed by atoms with E-state index in [4.69, 9.17) is 20.9 Å². The van der Waals surface area contributed by atoms with Gasteiger partial charge in [0.15, 0.2) is 0 Å². The Labute approximate surface area is 174 Å². The molecule has 0 bridgehead atoms. The molecule has 0 spiro atoms. The van der Waals surface area contributed by atoms with E-state index in [2.05, 4.69) is 19.1 Å². The van der Waals surface area contributed by atoms with Crippen LogP contribution >= 0.6 is 0 Å². The van der Waals surface area contributed by atoms with E-state index in [1.165, 1.54) is 57.8 Å². The van der Waals surface area contributed by atoms with Crippen LogP contribution in [0.4, 0.5) is 0 Å². The second-order valence-corrected chi connectivity index (χ2v) is 7.70. The molecule has 0 aliphatic carbocycles. The number of aliphatic hydroxyl groups excluding tert-OH is 2. The van der Waals surface area contributed by atoms with Crippen LogP contribution < -0.4 is 5.73 Å². The maximum absolute atomic E-state index is 9.59. The third-order valence-electron chi connectivity index (χ3n) is 4.78. The summed E-state index contributed by atoms with van der Waals surface area (Å²) in [5.41, 5.74) is 5.55. The van der Waals surface area contributed by atoms with Crippen LogP contribution in [-0.4, -0.2) is 46.1 Å². The van der Waals surface area contributed by atoms with E-state index in [0.29, 0.717) is 12.7 Å². The normalized spacial score (nSPS) is 13.2. The molecule has 0 saturated heterocycles. The van der Waals surface area contributed by atoms with Crippen LogP contribution in [0, 0.1) is 0 Å². The lowest BCUT2D eigenvalue weighted by Crippen LogP contribution is -2.37. The number of hydrogen-bond acceptors (Lipinski definition) is 5. The number of nitrogens with two attached hydrogens (primary N) is 1. The number of unbranched alkanes of at least 4 members (excludes halogenated alkanes) is 10. The quantitative estimate of drug-likeness (QED) is 0.135. The van der Waals surface area contributed by atoms with Crippen molar-refractivity contribution in [1.82, 2.24) is 0 Å². The first kappa shape index (κ1) is 29.8. The molecule has 0 radical (unpaired) electrons. The van der Waals surface area contributed by atoms with Gasteiger partial charge in [0.25, 0.3) is 0 Å². The second kappa shape index (κ2) is 24.6. The predicted octanol–water partition coefficient (Wildman–Crippen LogP) is 4.18. The predicted molar refractivity (Wildman–Crippen MR) is 121 cm³/mol. The van der Waals surface area contributed by atoms with Crippen molar-refractivity contribution >= 4 is 7.12 Å². The van der Waals surface area contributed by atoms with Crippen LogP contribution in [0.5, 0.6) is 0 Å².